The summed E-state index contributed by atoms with van der Waals surface area (Å²) in [5.74, 6) is 1.74. The highest BCUT2D eigenvalue weighted by atomic mass is 16.5. The Morgan fingerprint density at radius 2 is 1.65 bits per heavy atom. The molecule has 0 bridgehead atoms. The molecule has 0 saturated heterocycles. The SMILES string of the molecule is NCCc1cccc(Oc2cccc3ccccc23)c1. The van der Waals surface area contributed by atoms with Crippen LogP contribution in [0.2, 0.25) is 0 Å². The minimum absolute atomic E-state index is 0.651. The Kier molecular flexibility index (Phi) is 3.66. The van der Waals surface area contributed by atoms with Crippen LogP contribution in [0.1, 0.15) is 5.56 Å². The van der Waals surface area contributed by atoms with Gasteiger partial charge in [0.1, 0.15) is 11.5 Å². The van der Waals surface area contributed by atoms with Gasteiger partial charge in [0.25, 0.3) is 0 Å². The van der Waals surface area contributed by atoms with Crippen LogP contribution in [0.25, 0.3) is 10.8 Å². The first-order valence-corrected chi connectivity index (χ1v) is 6.81. The van der Waals surface area contributed by atoms with Crippen LogP contribution in [0, 0.1) is 0 Å². The number of hydrogen-bond acceptors (Lipinski definition) is 2. The Hall–Kier alpha value is -2.32. The predicted octanol–water partition coefficient (Wildman–Crippen LogP) is 4.13. The lowest BCUT2D eigenvalue weighted by Crippen LogP contribution is -2.02. The second kappa shape index (κ2) is 5.76. The molecule has 2 N–H and O–H groups in total. The highest BCUT2D eigenvalue weighted by molar-refractivity contribution is 5.88. The molecule has 0 atom stereocenters. The van der Waals surface area contributed by atoms with Gasteiger partial charge in [-0.1, -0.05) is 48.5 Å². The van der Waals surface area contributed by atoms with Crippen molar-refractivity contribution in [2.45, 2.75) is 6.42 Å². The molecule has 0 fully saturated rings. The van der Waals surface area contributed by atoms with Crippen LogP contribution in [-0.2, 0) is 6.42 Å². The van der Waals surface area contributed by atoms with Crippen molar-refractivity contribution >= 4 is 10.8 Å². The minimum atomic E-state index is 0.651. The summed E-state index contributed by atoms with van der Waals surface area (Å²) in [5.41, 5.74) is 6.80. The van der Waals surface area contributed by atoms with E-state index in [1.165, 1.54) is 10.9 Å². The van der Waals surface area contributed by atoms with E-state index in [0.29, 0.717) is 6.54 Å². The predicted molar refractivity (Wildman–Crippen MR) is 83.2 cm³/mol. The average Bonchev–Trinajstić information content (AvgIpc) is 2.48. The standard InChI is InChI=1S/C18H17NO/c19-12-11-14-5-3-8-16(13-14)20-18-10-4-7-15-6-1-2-9-17(15)18/h1-10,13H,11-12,19H2. The number of ether oxygens (including phenoxy) is 1. The van der Waals surface area contributed by atoms with Crippen LogP contribution < -0.4 is 10.5 Å². The molecule has 20 heavy (non-hydrogen) atoms. The molecule has 100 valence electrons. The van der Waals surface area contributed by atoms with Gasteiger partial charge in [0.05, 0.1) is 0 Å². The third kappa shape index (κ3) is 2.65. The van der Waals surface area contributed by atoms with Gasteiger partial charge < -0.3 is 10.5 Å². The van der Waals surface area contributed by atoms with Crippen molar-refractivity contribution in [2.75, 3.05) is 6.54 Å². The Morgan fingerprint density at radius 3 is 2.55 bits per heavy atom. The van der Waals surface area contributed by atoms with E-state index in [1.54, 1.807) is 0 Å². The highest BCUT2D eigenvalue weighted by Gasteiger charge is 2.03. The Morgan fingerprint density at radius 1 is 0.850 bits per heavy atom. The summed E-state index contributed by atoms with van der Waals surface area (Å²) in [5, 5.41) is 2.31. The van der Waals surface area contributed by atoms with Crippen LogP contribution >= 0.6 is 0 Å². The summed E-state index contributed by atoms with van der Waals surface area (Å²) in [6.45, 7) is 0.651. The van der Waals surface area contributed by atoms with E-state index < -0.39 is 0 Å². The molecule has 0 radical (unpaired) electrons. The van der Waals surface area contributed by atoms with E-state index in [9.17, 15) is 0 Å². The lowest BCUT2D eigenvalue weighted by molar-refractivity contribution is 0.487. The molecule has 0 heterocycles. The molecule has 3 rings (SSSR count). The van der Waals surface area contributed by atoms with E-state index in [-0.39, 0.29) is 0 Å². The van der Waals surface area contributed by atoms with Crippen molar-refractivity contribution < 1.29 is 4.74 Å². The van der Waals surface area contributed by atoms with Crippen molar-refractivity contribution in [3.05, 3.63) is 72.3 Å². The molecular weight excluding hydrogens is 246 g/mol. The van der Waals surface area contributed by atoms with Crippen molar-refractivity contribution in [2.24, 2.45) is 5.73 Å². The van der Waals surface area contributed by atoms with E-state index in [1.807, 2.05) is 36.4 Å². The largest absolute Gasteiger partial charge is 0.457 e. The molecule has 0 amide bonds. The van der Waals surface area contributed by atoms with Crippen LogP contribution in [0.4, 0.5) is 0 Å². The fourth-order valence-electron chi connectivity index (χ4n) is 2.34. The fourth-order valence-corrected chi connectivity index (χ4v) is 2.34. The quantitative estimate of drug-likeness (QED) is 0.768. The number of fused-ring (bicyclic) bond motifs is 1. The summed E-state index contributed by atoms with van der Waals surface area (Å²) < 4.78 is 6.04. The lowest BCUT2D eigenvalue weighted by Gasteiger charge is -2.10. The van der Waals surface area contributed by atoms with E-state index >= 15 is 0 Å². The van der Waals surface area contributed by atoms with Gasteiger partial charge in [-0.3, -0.25) is 0 Å². The van der Waals surface area contributed by atoms with E-state index in [4.69, 9.17) is 10.5 Å². The number of hydrogen-bond donors (Lipinski definition) is 1. The van der Waals surface area contributed by atoms with Gasteiger partial charge in [0.2, 0.25) is 0 Å². The maximum atomic E-state index is 6.04. The smallest absolute Gasteiger partial charge is 0.135 e. The van der Waals surface area contributed by atoms with Crippen molar-refractivity contribution in [3.8, 4) is 11.5 Å². The third-order valence-corrected chi connectivity index (χ3v) is 3.31. The molecule has 0 aromatic heterocycles. The first kappa shape index (κ1) is 12.7. The van der Waals surface area contributed by atoms with Crippen molar-refractivity contribution in [3.63, 3.8) is 0 Å². The second-order valence-electron chi connectivity index (χ2n) is 4.77. The van der Waals surface area contributed by atoms with Crippen molar-refractivity contribution in [1.29, 1.82) is 0 Å². The monoisotopic (exact) mass is 263 g/mol. The molecule has 0 saturated carbocycles. The highest BCUT2D eigenvalue weighted by Crippen LogP contribution is 2.30. The summed E-state index contributed by atoms with van der Waals surface area (Å²) in [6.07, 6.45) is 0.868. The molecule has 0 aliphatic carbocycles. The van der Waals surface area contributed by atoms with Gasteiger partial charge in [0, 0.05) is 5.39 Å². The average molecular weight is 263 g/mol. The molecule has 2 nitrogen and oxygen atoms in total. The summed E-state index contributed by atoms with van der Waals surface area (Å²) in [7, 11) is 0. The van der Waals surface area contributed by atoms with E-state index in [0.717, 1.165) is 23.3 Å². The molecule has 3 aromatic carbocycles. The minimum Gasteiger partial charge on any atom is -0.457 e. The molecule has 2 heteroatoms. The molecule has 0 spiro atoms. The van der Waals surface area contributed by atoms with E-state index in [2.05, 4.69) is 30.3 Å². The Bertz CT molecular complexity index is 716. The number of nitrogens with two attached hydrogens (primary N) is 1. The Labute approximate surface area is 118 Å². The second-order valence-corrected chi connectivity index (χ2v) is 4.77. The van der Waals surface area contributed by atoms with Gasteiger partial charge in [-0.25, -0.2) is 0 Å². The first-order valence-electron chi connectivity index (χ1n) is 6.81. The number of rotatable bonds is 4. The maximum absolute atomic E-state index is 6.04. The van der Waals surface area contributed by atoms with Crippen LogP contribution in [-0.4, -0.2) is 6.54 Å². The van der Waals surface area contributed by atoms with Gasteiger partial charge >= 0.3 is 0 Å². The van der Waals surface area contributed by atoms with Crippen LogP contribution in [0.3, 0.4) is 0 Å². The first-order chi connectivity index (χ1) is 9.86. The molecule has 3 aromatic rings. The lowest BCUT2D eigenvalue weighted by atomic mass is 10.1. The van der Waals surface area contributed by atoms with Gasteiger partial charge in [-0.2, -0.15) is 0 Å². The zero-order chi connectivity index (χ0) is 13.8. The number of benzene rings is 3. The summed E-state index contributed by atoms with van der Waals surface area (Å²) >= 11 is 0. The van der Waals surface area contributed by atoms with Crippen LogP contribution in [0.5, 0.6) is 11.5 Å². The fraction of sp³-hybridized carbons (Fsp3) is 0.111. The Balaban J connectivity index is 1.95. The van der Waals surface area contributed by atoms with Crippen molar-refractivity contribution in [1.82, 2.24) is 0 Å². The topological polar surface area (TPSA) is 35.2 Å². The van der Waals surface area contributed by atoms with Crippen LogP contribution in [0.15, 0.2) is 66.7 Å². The van der Waals surface area contributed by atoms with Gasteiger partial charge in [-0.05, 0) is 42.1 Å². The molecular formula is C18H17NO. The normalized spacial score (nSPS) is 10.7. The molecule has 0 unspecified atom stereocenters. The maximum Gasteiger partial charge on any atom is 0.135 e. The molecule has 0 aliphatic rings. The van der Waals surface area contributed by atoms with Gasteiger partial charge in [-0.15, -0.1) is 0 Å². The summed E-state index contributed by atoms with van der Waals surface area (Å²) in [4.78, 5) is 0. The third-order valence-electron chi connectivity index (χ3n) is 3.31. The van der Waals surface area contributed by atoms with Gasteiger partial charge in [0.15, 0.2) is 0 Å². The zero-order valence-corrected chi connectivity index (χ0v) is 11.3. The zero-order valence-electron chi connectivity index (χ0n) is 11.3. The summed E-state index contributed by atoms with van der Waals surface area (Å²) in [6, 6.07) is 22.4. The molecule has 0 aliphatic heterocycles.